The minimum Gasteiger partial charge on any atom is -0.386 e. The maximum absolute atomic E-state index is 13.4. The Morgan fingerprint density at radius 1 is 1.47 bits per heavy atom. The molecule has 0 aromatic heterocycles. The van der Waals surface area contributed by atoms with Crippen LogP contribution in [0.15, 0.2) is 20.0 Å². The van der Waals surface area contributed by atoms with Crippen LogP contribution >= 0.6 is 55.1 Å². The van der Waals surface area contributed by atoms with Crippen molar-refractivity contribution in [1.29, 1.82) is 0 Å². The summed E-state index contributed by atoms with van der Waals surface area (Å²) >= 11 is 17.4. The highest BCUT2D eigenvalue weighted by molar-refractivity contribution is 9.11. The molecule has 0 fully saturated rings. The normalized spacial score (nSPS) is 11.9. The van der Waals surface area contributed by atoms with E-state index in [4.69, 9.17) is 28.9 Å². The third-order valence-electron chi connectivity index (χ3n) is 1.48. The van der Waals surface area contributed by atoms with E-state index in [2.05, 4.69) is 36.9 Å². The fraction of sp³-hybridized carbons (Fsp3) is 0.125. The molecule has 7 heteroatoms. The molecule has 0 heterocycles. The Morgan fingerprint density at radius 2 is 2.07 bits per heavy atom. The predicted octanol–water partition coefficient (Wildman–Crippen LogP) is 4.23. The average Bonchev–Trinajstić information content (AvgIpc) is 2.21. The minimum absolute atomic E-state index is 0.0560. The molecule has 1 aromatic rings. The van der Waals surface area contributed by atoms with Gasteiger partial charge in [0.2, 0.25) is 0 Å². The van der Waals surface area contributed by atoms with Crippen LogP contribution in [0.25, 0.3) is 0 Å². The highest BCUT2D eigenvalue weighted by Crippen LogP contribution is 2.39. The van der Waals surface area contributed by atoms with Crippen molar-refractivity contribution in [1.82, 2.24) is 0 Å². The number of hydrogen-bond acceptors (Lipinski definition) is 1. The molecule has 0 aliphatic rings. The first kappa shape index (κ1) is 13.2. The van der Waals surface area contributed by atoms with Crippen LogP contribution in [0.1, 0.15) is 0 Å². The molecule has 0 radical (unpaired) electrons. The van der Waals surface area contributed by atoms with Crippen LogP contribution in [0.2, 0.25) is 5.02 Å². The Hall–Kier alpha value is 0.160. The lowest BCUT2D eigenvalue weighted by Gasteiger charge is -2.05. The summed E-state index contributed by atoms with van der Waals surface area (Å²) in [5, 5.41) is -0.107. The third-order valence-corrected chi connectivity index (χ3v) is 3.28. The Labute approximate surface area is 113 Å². The lowest BCUT2D eigenvalue weighted by molar-refractivity contribution is 0.621. The summed E-state index contributed by atoms with van der Waals surface area (Å²) in [7, 11) is 0. The zero-order valence-electron chi connectivity index (χ0n) is 7.20. The van der Waals surface area contributed by atoms with E-state index < -0.39 is 5.82 Å². The van der Waals surface area contributed by atoms with Gasteiger partial charge in [0.15, 0.2) is 5.82 Å². The molecule has 0 atom stereocenters. The zero-order valence-corrected chi connectivity index (χ0v) is 11.9. The van der Waals surface area contributed by atoms with Gasteiger partial charge in [-0.2, -0.15) is 0 Å². The molecular weight excluding hydrogens is 374 g/mol. The van der Waals surface area contributed by atoms with Gasteiger partial charge in [-0.05, 0) is 37.9 Å². The molecule has 0 aliphatic heterocycles. The monoisotopic (exact) mass is 376 g/mol. The van der Waals surface area contributed by atoms with Crippen LogP contribution in [0.4, 0.5) is 10.1 Å². The SMILES string of the molecule is NC(CCl)=Nc1c(Br)cc(Br)c(F)c1Cl. The van der Waals surface area contributed by atoms with Crippen molar-refractivity contribution in [3.05, 3.63) is 25.9 Å². The van der Waals surface area contributed by atoms with E-state index in [-0.39, 0.29) is 26.9 Å². The second kappa shape index (κ2) is 5.48. The van der Waals surface area contributed by atoms with Crippen LogP contribution in [0.3, 0.4) is 0 Å². The highest BCUT2D eigenvalue weighted by Gasteiger charge is 2.14. The molecule has 0 spiro atoms. The molecule has 1 aromatic carbocycles. The van der Waals surface area contributed by atoms with E-state index in [0.29, 0.717) is 4.47 Å². The first-order valence-corrected chi connectivity index (χ1v) is 6.19. The number of rotatable bonds is 2. The summed E-state index contributed by atoms with van der Waals surface area (Å²) in [6, 6.07) is 1.50. The second-order valence-electron chi connectivity index (χ2n) is 2.55. The molecular formula is C8H5Br2Cl2FN2. The summed E-state index contributed by atoms with van der Waals surface area (Å²) in [5.74, 6) is -0.359. The molecule has 1 rings (SSSR count). The van der Waals surface area contributed by atoms with Crippen LogP contribution in [0, 0.1) is 5.82 Å². The van der Waals surface area contributed by atoms with E-state index in [9.17, 15) is 4.39 Å². The molecule has 2 N–H and O–H groups in total. The Bertz CT molecular complexity index is 424. The summed E-state index contributed by atoms with van der Waals surface area (Å²) in [4.78, 5) is 3.90. The molecule has 0 bridgehead atoms. The Kier molecular flexibility index (Phi) is 4.83. The third kappa shape index (κ3) is 3.06. The number of amidine groups is 1. The molecule has 2 nitrogen and oxygen atoms in total. The average molecular weight is 379 g/mol. The van der Waals surface area contributed by atoms with Gasteiger partial charge in [-0.25, -0.2) is 9.38 Å². The summed E-state index contributed by atoms with van der Waals surface area (Å²) in [5.41, 5.74) is 5.67. The van der Waals surface area contributed by atoms with Crippen molar-refractivity contribution in [2.24, 2.45) is 10.7 Å². The highest BCUT2D eigenvalue weighted by atomic mass is 79.9. The molecule has 0 aliphatic carbocycles. The van der Waals surface area contributed by atoms with Gasteiger partial charge in [0.05, 0.1) is 10.4 Å². The van der Waals surface area contributed by atoms with Crippen molar-refractivity contribution in [2.45, 2.75) is 0 Å². The number of aliphatic imine (C=N–C) groups is 1. The fourth-order valence-electron chi connectivity index (χ4n) is 0.833. The van der Waals surface area contributed by atoms with E-state index in [1.165, 1.54) is 6.07 Å². The number of hydrogen-bond donors (Lipinski definition) is 1. The zero-order chi connectivity index (χ0) is 11.6. The largest absolute Gasteiger partial charge is 0.386 e. The summed E-state index contributed by atoms with van der Waals surface area (Å²) in [6.07, 6.45) is 0. The van der Waals surface area contributed by atoms with Gasteiger partial charge in [-0.3, -0.25) is 0 Å². The van der Waals surface area contributed by atoms with E-state index >= 15 is 0 Å². The lowest BCUT2D eigenvalue weighted by atomic mass is 10.3. The second-order valence-corrected chi connectivity index (χ2v) is 4.91. The number of nitrogens with two attached hydrogens (primary N) is 1. The Morgan fingerprint density at radius 3 is 2.60 bits per heavy atom. The summed E-state index contributed by atoms with van der Waals surface area (Å²) < 4.78 is 14.2. The lowest BCUT2D eigenvalue weighted by Crippen LogP contribution is -2.12. The Balaban J connectivity index is 3.36. The van der Waals surface area contributed by atoms with Crippen LogP contribution in [0.5, 0.6) is 0 Å². The van der Waals surface area contributed by atoms with Crippen molar-refractivity contribution >= 4 is 66.6 Å². The molecule has 0 saturated heterocycles. The van der Waals surface area contributed by atoms with Crippen LogP contribution < -0.4 is 5.73 Å². The molecule has 0 saturated carbocycles. The fourth-order valence-corrected chi connectivity index (χ4v) is 2.62. The van der Waals surface area contributed by atoms with Gasteiger partial charge in [0.25, 0.3) is 0 Å². The van der Waals surface area contributed by atoms with Crippen molar-refractivity contribution in [2.75, 3.05) is 5.88 Å². The van der Waals surface area contributed by atoms with Gasteiger partial charge >= 0.3 is 0 Å². The summed E-state index contributed by atoms with van der Waals surface area (Å²) in [6.45, 7) is 0. The molecule has 15 heavy (non-hydrogen) atoms. The van der Waals surface area contributed by atoms with Crippen LogP contribution in [-0.2, 0) is 0 Å². The first-order valence-electron chi connectivity index (χ1n) is 3.69. The van der Waals surface area contributed by atoms with Gasteiger partial charge < -0.3 is 5.73 Å². The van der Waals surface area contributed by atoms with Crippen molar-refractivity contribution in [3.8, 4) is 0 Å². The first-order chi connectivity index (χ1) is 6.97. The number of alkyl halides is 1. The number of halogens is 5. The number of benzene rings is 1. The number of nitrogens with zero attached hydrogens (tertiary/aromatic N) is 1. The topological polar surface area (TPSA) is 38.4 Å². The van der Waals surface area contributed by atoms with Gasteiger partial charge in [0.1, 0.15) is 16.5 Å². The predicted molar refractivity (Wildman–Crippen MR) is 68.8 cm³/mol. The van der Waals surface area contributed by atoms with Gasteiger partial charge in [-0.1, -0.05) is 11.6 Å². The van der Waals surface area contributed by atoms with E-state index in [1.807, 2.05) is 0 Å². The van der Waals surface area contributed by atoms with Gasteiger partial charge in [-0.15, -0.1) is 11.6 Å². The maximum atomic E-state index is 13.4. The van der Waals surface area contributed by atoms with Crippen molar-refractivity contribution in [3.63, 3.8) is 0 Å². The van der Waals surface area contributed by atoms with Crippen LogP contribution in [-0.4, -0.2) is 11.7 Å². The minimum atomic E-state index is -0.582. The maximum Gasteiger partial charge on any atom is 0.158 e. The molecule has 0 unspecified atom stereocenters. The van der Waals surface area contributed by atoms with E-state index in [0.717, 1.165) is 0 Å². The molecule has 82 valence electrons. The smallest absolute Gasteiger partial charge is 0.158 e. The quantitative estimate of drug-likeness (QED) is 0.270. The van der Waals surface area contributed by atoms with E-state index in [1.54, 1.807) is 0 Å². The van der Waals surface area contributed by atoms with Crippen molar-refractivity contribution < 1.29 is 4.39 Å². The standard InChI is InChI=1S/C8H5Br2Cl2FN2/c9-3-1-4(10)8(6(12)7(3)13)15-5(14)2-11/h1H,2H2,(H2,14,15). The molecule has 0 amide bonds. The van der Waals surface area contributed by atoms with Gasteiger partial charge in [0, 0.05) is 4.47 Å².